The van der Waals surface area contributed by atoms with Crippen LogP contribution in [0.4, 0.5) is 5.69 Å². The third kappa shape index (κ3) is 1.41. The van der Waals surface area contributed by atoms with Gasteiger partial charge in [-0.3, -0.25) is 19.4 Å². The van der Waals surface area contributed by atoms with Gasteiger partial charge in [0.15, 0.2) is 0 Å². The smallest absolute Gasteiger partial charge is 0.239 e. The van der Waals surface area contributed by atoms with E-state index in [-0.39, 0.29) is 5.91 Å². The second kappa shape index (κ2) is 4.00. The monoisotopic (exact) mass is 286 g/mol. The second-order valence-corrected chi connectivity index (χ2v) is 6.72. The number of nitrogens with one attached hydrogen (secondary N) is 1. The van der Waals surface area contributed by atoms with Crippen molar-refractivity contribution in [2.75, 3.05) is 5.32 Å². The predicted octanol–water partition coefficient (Wildman–Crippen LogP) is 1.98. The number of hydrogen-bond acceptors (Lipinski definition) is 4. The summed E-state index contributed by atoms with van der Waals surface area (Å²) in [6.45, 7) is 5.51. The molecule has 2 saturated carbocycles. The highest BCUT2D eigenvalue weighted by molar-refractivity contribution is 6.49. The molecule has 2 fully saturated rings. The summed E-state index contributed by atoms with van der Waals surface area (Å²) in [6.07, 6.45) is 4.13. The first-order chi connectivity index (χ1) is 9.77. The fourth-order valence-corrected chi connectivity index (χ4v) is 3.95. The van der Waals surface area contributed by atoms with E-state index in [9.17, 15) is 14.4 Å². The number of pyridine rings is 1. The van der Waals surface area contributed by atoms with Crippen LogP contribution in [-0.2, 0) is 14.4 Å². The Hall–Kier alpha value is -2.04. The average Bonchev–Trinajstić information content (AvgIpc) is 2.72. The molecule has 1 N–H and O–H groups in total. The topological polar surface area (TPSA) is 76.1 Å². The van der Waals surface area contributed by atoms with E-state index < -0.39 is 27.8 Å². The maximum atomic E-state index is 12.8. The average molecular weight is 286 g/mol. The summed E-state index contributed by atoms with van der Waals surface area (Å²) >= 11 is 0. The van der Waals surface area contributed by atoms with E-state index in [1.54, 1.807) is 25.3 Å². The van der Waals surface area contributed by atoms with Gasteiger partial charge in [-0.15, -0.1) is 0 Å². The first kappa shape index (κ1) is 13.9. The Morgan fingerprint density at radius 3 is 2.43 bits per heavy atom. The zero-order valence-electron chi connectivity index (χ0n) is 12.4. The lowest BCUT2D eigenvalue weighted by atomic mass is 9.64. The van der Waals surface area contributed by atoms with E-state index in [1.807, 2.05) is 13.8 Å². The SMILES string of the molecule is CC1(C)[C@@]2(C(=O)Nc3cccnc3)CC[C@]1(C)C(=O)C2=O. The van der Waals surface area contributed by atoms with Gasteiger partial charge in [-0.05, 0) is 30.4 Å². The van der Waals surface area contributed by atoms with Gasteiger partial charge in [0.05, 0.1) is 11.9 Å². The van der Waals surface area contributed by atoms with Gasteiger partial charge in [0.1, 0.15) is 5.41 Å². The molecular formula is C16H18N2O3. The van der Waals surface area contributed by atoms with Crippen LogP contribution in [0.15, 0.2) is 24.5 Å². The molecule has 2 atom stereocenters. The fraction of sp³-hybridized carbons (Fsp3) is 0.500. The number of amides is 1. The van der Waals surface area contributed by atoms with Crippen molar-refractivity contribution in [1.29, 1.82) is 0 Å². The van der Waals surface area contributed by atoms with Crippen LogP contribution in [0.5, 0.6) is 0 Å². The molecule has 5 nitrogen and oxygen atoms in total. The van der Waals surface area contributed by atoms with Gasteiger partial charge in [-0.25, -0.2) is 0 Å². The quantitative estimate of drug-likeness (QED) is 0.666. The number of nitrogens with zero attached hydrogens (tertiary/aromatic N) is 1. The van der Waals surface area contributed by atoms with Gasteiger partial charge in [0, 0.05) is 11.6 Å². The molecule has 0 aromatic carbocycles. The minimum Gasteiger partial charge on any atom is -0.324 e. The molecule has 110 valence electrons. The van der Waals surface area contributed by atoms with E-state index in [0.29, 0.717) is 18.5 Å². The third-order valence-electron chi connectivity index (χ3n) is 5.85. The Balaban J connectivity index is 2.02. The maximum absolute atomic E-state index is 12.8. The molecule has 0 unspecified atom stereocenters. The number of ketones is 2. The Morgan fingerprint density at radius 1 is 1.19 bits per heavy atom. The summed E-state index contributed by atoms with van der Waals surface area (Å²) < 4.78 is 0. The molecule has 2 bridgehead atoms. The molecule has 2 aliphatic carbocycles. The van der Waals surface area contributed by atoms with Crippen LogP contribution in [0.25, 0.3) is 0 Å². The second-order valence-electron chi connectivity index (χ2n) is 6.72. The van der Waals surface area contributed by atoms with Crippen LogP contribution in [0.1, 0.15) is 33.6 Å². The number of anilines is 1. The molecular weight excluding hydrogens is 268 g/mol. The van der Waals surface area contributed by atoms with E-state index >= 15 is 0 Å². The molecule has 0 spiro atoms. The normalized spacial score (nSPS) is 33.3. The van der Waals surface area contributed by atoms with E-state index in [1.165, 1.54) is 6.20 Å². The minimum absolute atomic E-state index is 0.389. The Labute approximate surface area is 123 Å². The van der Waals surface area contributed by atoms with Crippen molar-refractivity contribution < 1.29 is 14.4 Å². The van der Waals surface area contributed by atoms with Crippen LogP contribution in [0.3, 0.4) is 0 Å². The fourth-order valence-electron chi connectivity index (χ4n) is 3.95. The summed E-state index contributed by atoms with van der Waals surface area (Å²) in [5, 5.41) is 2.75. The molecule has 0 saturated heterocycles. The summed E-state index contributed by atoms with van der Waals surface area (Å²) in [5.74, 6) is -1.33. The zero-order valence-corrected chi connectivity index (χ0v) is 12.4. The highest BCUT2D eigenvalue weighted by atomic mass is 16.2. The first-order valence-electron chi connectivity index (χ1n) is 7.08. The largest absolute Gasteiger partial charge is 0.324 e. The van der Waals surface area contributed by atoms with Gasteiger partial charge in [0.2, 0.25) is 17.5 Å². The van der Waals surface area contributed by atoms with Crippen molar-refractivity contribution in [2.24, 2.45) is 16.2 Å². The van der Waals surface area contributed by atoms with Crippen molar-refractivity contribution in [3.8, 4) is 0 Å². The van der Waals surface area contributed by atoms with Gasteiger partial charge in [-0.2, -0.15) is 0 Å². The van der Waals surface area contributed by atoms with Crippen LogP contribution < -0.4 is 5.32 Å². The van der Waals surface area contributed by atoms with E-state index in [4.69, 9.17) is 0 Å². The van der Waals surface area contributed by atoms with Crippen molar-refractivity contribution >= 4 is 23.2 Å². The van der Waals surface area contributed by atoms with Crippen LogP contribution in [-0.4, -0.2) is 22.5 Å². The third-order valence-corrected chi connectivity index (χ3v) is 5.85. The molecule has 1 heterocycles. The van der Waals surface area contributed by atoms with Crippen LogP contribution >= 0.6 is 0 Å². The van der Waals surface area contributed by atoms with Crippen molar-refractivity contribution in [2.45, 2.75) is 33.6 Å². The molecule has 0 aliphatic heterocycles. The summed E-state index contributed by atoms with van der Waals surface area (Å²) in [4.78, 5) is 41.6. The minimum atomic E-state index is -1.26. The highest BCUT2D eigenvalue weighted by Gasteiger charge is 2.77. The van der Waals surface area contributed by atoms with Crippen LogP contribution in [0, 0.1) is 16.2 Å². The predicted molar refractivity (Wildman–Crippen MR) is 76.4 cm³/mol. The van der Waals surface area contributed by atoms with Gasteiger partial charge in [-0.1, -0.05) is 20.8 Å². The molecule has 1 aromatic heterocycles. The standard InChI is InChI=1S/C16H18N2O3/c1-14(2)15(3)6-7-16(14,12(20)11(15)19)13(21)18-10-5-4-8-17-9-10/h4-5,8-9H,6-7H2,1-3H3,(H,18,21)/t15-,16+/m1/s1. The summed E-state index contributed by atoms with van der Waals surface area (Å²) in [6, 6.07) is 3.42. The number of Topliss-reactive ketones (excluding diaryl/α,β-unsaturated/α-hetero) is 2. The Bertz CT molecular complexity index is 653. The lowest BCUT2D eigenvalue weighted by molar-refractivity contribution is -0.147. The Morgan fingerprint density at radius 2 is 1.90 bits per heavy atom. The van der Waals surface area contributed by atoms with Gasteiger partial charge < -0.3 is 5.32 Å². The molecule has 1 aromatic rings. The lowest BCUT2D eigenvalue weighted by Crippen LogP contribution is -2.47. The number of carbonyl (C=O) groups is 3. The van der Waals surface area contributed by atoms with Crippen molar-refractivity contribution in [3.63, 3.8) is 0 Å². The van der Waals surface area contributed by atoms with Crippen molar-refractivity contribution in [3.05, 3.63) is 24.5 Å². The molecule has 0 radical (unpaired) electrons. The number of aromatic nitrogens is 1. The van der Waals surface area contributed by atoms with E-state index in [2.05, 4.69) is 10.3 Å². The van der Waals surface area contributed by atoms with E-state index in [0.717, 1.165) is 0 Å². The molecule has 5 heteroatoms. The molecule has 3 rings (SSSR count). The maximum Gasteiger partial charge on any atom is 0.239 e. The molecule has 21 heavy (non-hydrogen) atoms. The summed E-state index contributed by atoms with van der Waals surface area (Å²) in [7, 11) is 0. The molecule has 2 aliphatic rings. The van der Waals surface area contributed by atoms with Gasteiger partial charge >= 0.3 is 0 Å². The lowest BCUT2D eigenvalue weighted by Gasteiger charge is -2.37. The number of hydrogen-bond donors (Lipinski definition) is 1. The number of carbonyl (C=O) groups excluding carboxylic acids is 3. The molecule has 1 amide bonds. The number of fused-ring (bicyclic) bond motifs is 2. The zero-order chi connectivity index (χ0) is 15.5. The van der Waals surface area contributed by atoms with Gasteiger partial charge in [0.25, 0.3) is 0 Å². The summed E-state index contributed by atoms with van der Waals surface area (Å²) in [5.41, 5.74) is -2.14. The number of rotatable bonds is 2. The first-order valence-corrected chi connectivity index (χ1v) is 7.08. The van der Waals surface area contributed by atoms with Crippen LogP contribution in [0.2, 0.25) is 0 Å². The van der Waals surface area contributed by atoms with Crippen molar-refractivity contribution in [1.82, 2.24) is 4.98 Å². The Kier molecular flexibility index (Phi) is 2.65. The highest BCUT2D eigenvalue weighted by Crippen LogP contribution is 2.69.